The van der Waals surface area contributed by atoms with E-state index in [0.717, 1.165) is 32.2 Å². The summed E-state index contributed by atoms with van der Waals surface area (Å²) in [4.78, 5) is 37.1. The average molecular weight is 332 g/mol. The third-order valence-electron chi connectivity index (χ3n) is 4.19. The molecule has 24 heavy (non-hydrogen) atoms. The van der Waals surface area contributed by atoms with Crippen molar-refractivity contribution in [3.8, 4) is 0 Å². The van der Waals surface area contributed by atoms with Crippen molar-refractivity contribution in [2.75, 3.05) is 18.5 Å². The molecule has 6 heteroatoms. The summed E-state index contributed by atoms with van der Waals surface area (Å²) in [6.45, 7) is 3.99. The Bertz CT molecular complexity index is 598. The Morgan fingerprint density at radius 2 is 1.92 bits per heavy atom. The number of amides is 2. The number of rotatable bonds is 5. The van der Waals surface area contributed by atoms with Gasteiger partial charge in [0.15, 0.2) is 6.61 Å². The number of esters is 1. The fourth-order valence-electron chi connectivity index (χ4n) is 2.94. The second-order valence-electron chi connectivity index (χ2n) is 5.98. The molecule has 1 aliphatic heterocycles. The molecule has 0 aromatic heterocycles. The van der Waals surface area contributed by atoms with Gasteiger partial charge in [-0.05, 0) is 49.9 Å². The standard InChI is InChI=1S/C18H24N2O4/c1-3-16-6-4-5-11-20(16)17(22)12-24-18(23)14-7-9-15(10-8-14)19-13(2)21/h7-10,16H,3-6,11-12H2,1-2H3,(H,19,21)/t16-/m0/s1. The van der Waals surface area contributed by atoms with Crippen LogP contribution in [-0.2, 0) is 14.3 Å². The van der Waals surface area contributed by atoms with Crippen LogP contribution in [-0.4, -0.2) is 41.9 Å². The molecule has 1 atom stereocenters. The van der Waals surface area contributed by atoms with Crippen LogP contribution in [0.4, 0.5) is 5.69 Å². The molecule has 1 fully saturated rings. The molecule has 0 spiro atoms. The first-order valence-electron chi connectivity index (χ1n) is 8.35. The second-order valence-corrected chi connectivity index (χ2v) is 5.98. The predicted octanol–water partition coefficient (Wildman–Crippen LogP) is 2.59. The maximum absolute atomic E-state index is 12.3. The monoisotopic (exact) mass is 332 g/mol. The zero-order valence-corrected chi connectivity index (χ0v) is 14.2. The Hall–Kier alpha value is -2.37. The third kappa shape index (κ3) is 4.81. The van der Waals surface area contributed by atoms with Crippen LogP contribution >= 0.6 is 0 Å². The quantitative estimate of drug-likeness (QED) is 0.841. The zero-order chi connectivity index (χ0) is 17.5. The Balaban J connectivity index is 1.87. The van der Waals surface area contributed by atoms with Gasteiger partial charge in [0.25, 0.3) is 5.91 Å². The van der Waals surface area contributed by atoms with Gasteiger partial charge < -0.3 is 15.0 Å². The predicted molar refractivity (Wildman–Crippen MR) is 90.7 cm³/mol. The smallest absolute Gasteiger partial charge is 0.338 e. The van der Waals surface area contributed by atoms with E-state index < -0.39 is 5.97 Å². The first-order chi connectivity index (χ1) is 11.5. The number of nitrogens with zero attached hydrogens (tertiary/aromatic N) is 1. The Morgan fingerprint density at radius 1 is 1.21 bits per heavy atom. The van der Waals surface area contributed by atoms with Gasteiger partial charge in [-0.2, -0.15) is 0 Å². The van der Waals surface area contributed by atoms with Crippen LogP contribution in [0, 0.1) is 0 Å². The fraction of sp³-hybridized carbons (Fsp3) is 0.500. The normalized spacial score (nSPS) is 17.2. The number of hydrogen-bond acceptors (Lipinski definition) is 4. The molecular weight excluding hydrogens is 308 g/mol. The van der Waals surface area contributed by atoms with Gasteiger partial charge in [-0.1, -0.05) is 6.92 Å². The lowest BCUT2D eigenvalue weighted by molar-refractivity contribution is -0.138. The molecule has 1 heterocycles. The van der Waals surface area contributed by atoms with E-state index in [2.05, 4.69) is 12.2 Å². The molecule has 0 saturated carbocycles. The highest BCUT2D eigenvalue weighted by Gasteiger charge is 2.26. The summed E-state index contributed by atoms with van der Waals surface area (Å²) in [7, 11) is 0. The first-order valence-corrected chi connectivity index (χ1v) is 8.35. The SMILES string of the molecule is CC[C@H]1CCCCN1C(=O)COC(=O)c1ccc(NC(C)=O)cc1. The highest BCUT2D eigenvalue weighted by Crippen LogP contribution is 2.19. The van der Waals surface area contributed by atoms with E-state index >= 15 is 0 Å². The van der Waals surface area contributed by atoms with Crippen LogP contribution in [0.3, 0.4) is 0 Å². The van der Waals surface area contributed by atoms with Gasteiger partial charge in [0.2, 0.25) is 5.91 Å². The van der Waals surface area contributed by atoms with Crippen molar-refractivity contribution in [2.45, 2.75) is 45.6 Å². The fourth-order valence-corrected chi connectivity index (χ4v) is 2.94. The van der Waals surface area contributed by atoms with Gasteiger partial charge in [-0.25, -0.2) is 4.79 Å². The van der Waals surface area contributed by atoms with Crippen LogP contribution in [0.2, 0.25) is 0 Å². The maximum Gasteiger partial charge on any atom is 0.338 e. The molecule has 0 unspecified atom stereocenters. The molecule has 1 N–H and O–H groups in total. The van der Waals surface area contributed by atoms with Gasteiger partial charge in [0, 0.05) is 25.2 Å². The maximum atomic E-state index is 12.3. The molecule has 6 nitrogen and oxygen atoms in total. The topological polar surface area (TPSA) is 75.7 Å². The number of nitrogens with one attached hydrogen (secondary N) is 1. The van der Waals surface area contributed by atoms with Crippen molar-refractivity contribution in [3.63, 3.8) is 0 Å². The molecule has 0 aliphatic carbocycles. The summed E-state index contributed by atoms with van der Waals surface area (Å²) in [6, 6.07) is 6.62. The molecule has 1 aromatic carbocycles. The Kier molecular flexibility index (Phi) is 6.35. The summed E-state index contributed by atoms with van der Waals surface area (Å²) < 4.78 is 5.14. The molecule has 2 rings (SSSR count). The number of piperidine rings is 1. The number of carbonyl (C=O) groups is 3. The Labute approximate surface area is 142 Å². The summed E-state index contributed by atoms with van der Waals surface area (Å²) in [5.41, 5.74) is 0.955. The molecule has 2 amide bonds. The molecule has 1 saturated heterocycles. The number of benzene rings is 1. The lowest BCUT2D eigenvalue weighted by Crippen LogP contribution is -2.45. The van der Waals surface area contributed by atoms with Crippen molar-refractivity contribution in [3.05, 3.63) is 29.8 Å². The van der Waals surface area contributed by atoms with E-state index in [9.17, 15) is 14.4 Å². The number of likely N-dealkylation sites (tertiary alicyclic amines) is 1. The zero-order valence-electron chi connectivity index (χ0n) is 14.2. The molecule has 0 radical (unpaired) electrons. The van der Waals surface area contributed by atoms with Crippen molar-refractivity contribution in [1.29, 1.82) is 0 Å². The summed E-state index contributed by atoms with van der Waals surface area (Å²) in [5, 5.41) is 2.62. The molecular formula is C18H24N2O4. The first kappa shape index (κ1) is 18.0. The van der Waals surface area contributed by atoms with E-state index in [0.29, 0.717) is 11.3 Å². The van der Waals surface area contributed by atoms with Crippen LogP contribution in [0.15, 0.2) is 24.3 Å². The van der Waals surface area contributed by atoms with E-state index in [-0.39, 0.29) is 24.5 Å². The summed E-state index contributed by atoms with van der Waals surface area (Å²) in [5.74, 6) is -0.851. The highest BCUT2D eigenvalue weighted by atomic mass is 16.5. The average Bonchev–Trinajstić information content (AvgIpc) is 2.59. The molecule has 130 valence electrons. The molecule has 1 aromatic rings. The van der Waals surface area contributed by atoms with Gasteiger partial charge in [-0.3, -0.25) is 9.59 Å². The van der Waals surface area contributed by atoms with Crippen molar-refractivity contribution in [2.24, 2.45) is 0 Å². The largest absolute Gasteiger partial charge is 0.452 e. The van der Waals surface area contributed by atoms with Crippen LogP contribution in [0.25, 0.3) is 0 Å². The summed E-state index contributed by atoms with van der Waals surface area (Å²) in [6.07, 6.45) is 4.08. The lowest BCUT2D eigenvalue weighted by Gasteiger charge is -2.35. The van der Waals surface area contributed by atoms with E-state index in [1.807, 2.05) is 4.90 Å². The minimum atomic E-state index is -0.539. The van der Waals surface area contributed by atoms with Crippen molar-refractivity contribution >= 4 is 23.5 Å². The molecule has 1 aliphatic rings. The summed E-state index contributed by atoms with van der Waals surface area (Å²) >= 11 is 0. The third-order valence-corrected chi connectivity index (χ3v) is 4.19. The second kappa shape index (κ2) is 8.47. The van der Waals surface area contributed by atoms with Crippen LogP contribution < -0.4 is 5.32 Å². The van der Waals surface area contributed by atoms with E-state index in [1.165, 1.54) is 6.92 Å². The minimum Gasteiger partial charge on any atom is -0.452 e. The number of ether oxygens (including phenoxy) is 1. The van der Waals surface area contributed by atoms with Gasteiger partial charge in [0.1, 0.15) is 0 Å². The van der Waals surface area contributed by atoms with Crippen molar-refractivity contribution in [1.82, 2.24) is 4.90 Å². The van der Waals surface area contributed by atoms with Gasteiger partial charge in [0.05, 0.1) is 5.56 Å². The van der Waals surface area contributed by atoms with Crippen molar-refractivity contribution < 1.29 is 19.1 Å². The van der Waals surface area contributed by atoms with Gasteiger partial charge >= 0.3 is 5.97 Å². The number of hydrogen-bond donors (Lipinski definition) is 1. The van der Waals surface area contributed by atoms with E-state index in [1.54, 1.807) is 24.3 Å². The van der Waals surface area contributed by atoms with Crippen LogP contribution in [0.5, 0.6) is 0 Å². The van der Waals surface area contributed by atoms with E-state index in [4.69, 9.17) is 4.74 Å². The Morgan fingerprint density at radius 3 is 2.54 bits per heavy atom. The number of anilines is 1. The highest BCUT2D eigenvalue weighted by molar-refractivity contribution is 5.93. The minimum absolute atomic E-state index is 0.134. The van der Waals surface area contributed by atoms with Gasteiger partial charge in [-0.15, -0.1) is 0 Å². The lowest BCUT2D eigenvalue weighted by atomic mass is 10.00. The molecule has 0 bridgehead atoms. The number of carbonyl (C=O) groups excluding carboxylic acids is 3. The van der Waals surface area contributed by atoms with Crippen LogP contribution in [0.1, 0.15) is 49.9 Å².